The Morgan fingerprint density at radius 3 is 2.65 bits per heavy atom. The molecule has 0 aliphatic rings. The highest BCUT2D eigenvalue weighted by Crippen LogP contribution is 2.29. The van der Waals surface area contributed by atoms with E-state index in [9.17, 15) is 8.78 Å². The predicted molar refractivity (Wildman–Crippen MR) is 60.3 cm³/mol. The molecule has 1 aromatic heterocycles. The Hall–Kier alpha value is -1.88. The lowest BCUT2D eigenvalue weighted by molar-refractivity contribution is 0.152. The molecule has 5 heteroatoms. The zero-order valence-corrected chi connectivity index (χ0v) is 8.98. The third-order valence-corrected chi connectivity index (χ3v) is 2.36. The highest BCUT2D eigenvalue weighted by atomic mass is 19.3. The molecule has 0 radical (unpaired) electrons. The standard InChI is InChI=1S/C12H11F2N3/c13-12(14)9-4-2-1-3-8(9)10-5-6-16-11(7-15)17-10/h1-6,12H,7,15H2. The van der Waals surface area contributed by atoms with Crippen LogP contribution in [0.3, 0.4) is 0 Å². The molecule has 88 valence electrons. The average molecular weight is 235 g/mol. The molecule has 2 aromatic rings. The number of benzene rings is 1. The summed E-state index contributed by atoms with van der Waals surface area (Å²) in [5.41, 5.74) is 6.27. The number of nitrogens with zero attached hydrogens (tertiary/aromatic N) is 2. The van der Waals surface area contributed by atoms with Crippen LogP contribution in [0.2, 0.25) is 0 Å². The minimum Gasteiger partial charge on any atom is -0.324 e. The summed E-state index contributed by atoms with van der Waals surface area (Å²) in [7, 11) is 0. The van der Waals surface area contributed by atoms with Crippen LogP contribution >= 0.6 is 0 Å². The van der Waals surface area contributed by atoms with Crippen molar-refractivity contribution in [3.63, 3.8) is 0 Å². The van der Waals surface area contributed by atoms with Crippen molar-refractivity contribution < 1.29 is 8.78 Å². The second-order valence-corrected chi connectivity index (χ2v) is 3.45. The number of hydrogen-bond donors (Lipinski definition) is 1. The molecule has 0 amide bonds. The number of alkyl halides is 2. The third kappa shape index (κ3) is 2.45. The zero-order valence-electron chi connectivity index (χ0n) is 8.98. The van der Waals surface area contributed by atoms with Crippen molar-refractivity contribution >= 4 is 0 Å². The molecule has 17 heavy (non-hydrogen) atoms. The fourth-order valence-electron chi connectivity index (χ4n) is 1.57. The monoisotopic (exact) mass is 235 g/mol. The topological polar surface area (TPSA) is 51.8 Å². The van der Waals surface area contributed by atoms with E-state index in [1.54, 1.807) is 24.3 Å². The first-order valence-corrected chi connectivity index (χ1v) is 5.12. The average Bonchev–Trinajstić information content (AvgIpc) is 2.39. The summed E-state index contributed by atoms with van der Waals surface area (Å²) in [6, 6.07) is 7.89. The van der Waals surface area contributed by atoms with E-state index in [2.05, 4.69) is 9.97 Å². The minimum atomic E-state index is -2.53. The van der Waals surface area contributed by atoms with Crippen LogP contribution in [0.15, 0.2) is 36.5 Å². The zero-order chi connectivity index (χ0) is 12.3. The molecule has 0 bridgehead atoms. The first-order chi connectivity index (χ1) is 8.22. The van der Waals surface area contributed by atoms with E-state index in [0.29, 0.717) is 17.1 Å². The van der Waals surface area contributed by atoms with Crippen LogP contribution in [0, 0.1) is 0 Å². The van der Waals surface area contributed by atoms with Gasteiger partial charge in [0.15, 0.2) is 0 Å². The molecule has 2 rings (SSSR count). The van der Waals surface area contributed by atoms with Crippen LogP contribution in [0.4, 0.5) is 8.78 Å². The molecule has 0 aliphatic heterocycles. The van der Waals surface area contributed by atoms with Gasteiger partial charge in [-0.2, -0.15) is 0 Å². The maximum Gasteiger partial charge on any atom is 0.264 e. The van der Waals surface area contributed by atoms with E-state index in [4.69, 9.17) is 5.73 Å². The van der Waals surface area contributed by atoms with Gasteiger partial charge in [-0.15, -0.1) is 0 Å². The second-order valence-electron chi connectivity index (χ2n) is 3.45. The van der Waals surface area contributed by atoms with Gasteiger partial charge >= 0.3 is 0 Å². The first kappa shape index (κ1) is 11.6. The summed E-state index contributed by atoms with van der Waals surface area (Å²) >= 11 is 0. The molecule has 0 saturated heterocycles. The van der Waals surface area contributed by atoms with Gasteiger partial charge < -0.3 is 5.73 Å². The van der Waals surface area contributed by atoms with Gasteiger partial charge in [-0.25, -0.2) is 18.7 Å². The summed E-state index contributed by atoms with van der Waals surface area (Å²) in [5, 5.41) is 0. The molecule has 3 nitrogen and oxygen atoms in total. The Labute approximate surface area is 97.3 Å². The molecule has 0 unspecified atom stereocenters. The predicted octanol–water partition coefficient (Wildman–Crippen LogP) is 2.54. The fraction of sp³-hybridized carbons (Fsp3) is 0.167. The van der Waals surface area contributed by atoms with Gasteiger partial charge in [-0.1, -0.05) is 24.3 Å². The number of aromatic nitrogens is 2. The van der Waals surface area contributed by atoms with Crippen molar-refractivity contribution in [2.24, 2.45) is 5.73 Å². The number of hydrogen-bond acceptors (Lipinski definition) is 3. The molecule has 0 fully saturated rings. The highest BCUT2D eigenvalue weighted by molar-refractivity contribution is 5.63. The summed E-state index contributed by atoms with van der Waals surface area (Å²) in [4.78, 5) is 8.07. The largest absolute Gasteiger partial charge is 0.324 e. The Kier molecular flexibility index (Phi) is 3.39. The number of halogens is 2. The van der Waals surface area contributed by atoms with Crippen LogP contribution in [0.25, 0.3) is 11.3 Å². The smallest absolute Gasteiger partial charge is 0.264 e. The normalized spacial score (nSPS) is 10.8. The van der Waals surface area contributed by atoms with Gasteiger partial charge in [0, 0.05) is 17.3 Å². The quantitative estimate of drug-likeness (QED) is 0.889. The van der Waals surface area contributed by atoms with Crippen molar-refractivity contribution in [1.29, 1.82) is 0 Å². The maximum atomic E-state index is 12.8. The van der Waals surface area contributed by atoms with Crippen molar-refractivity contribution in [1.82, 2.24) is 9.97 Å². The molecule has 2 N–H and O–H groups in total. The minimum absolute atomic E-state index is 0.0332. The lowest BCUT2D eigenvalue weighted by atomic mass is 10.0. The van der Waals surface area contributed by atoms with Gasteiger partial charge in [0.25, 0.3) is 6.43 Å². The van der Waals surface area contributed by atoms with Crippen LogP contribution in [-0.4, -0.2) is 9.97 Å². The van der Waals surface area contributed by atoms with Crippen molar-refractivity contribution in [3.8, 4) is 11.3 Å². The van der Waals surface area contributed by atoms with E-state index in [-0.39, 0.29) is 12.1 Å². The summed E-state index contributed by atoms with van der Waals surface area (Å²) in [6.45, 7) is 0.185. The summed E-state index contributed by atoms with van der Waals surface area (Å²) in [5.74, 6) is 0.437. The van der Waals surface area contributed by atoms with Crippen LogP contribution in [-0.2, 0) is 6.54 Å². The van der Waals surface area contributed by atoms with Crippen LogP contribution in [0.1, 0.15) is 17.8 Å². The Balaban J connectivity index is 2.52. The molecular formula is C12H11F2N3. The number of nitrogens with two attached hydrogens (primary N) is 1. The van der Waals surface area contributed by atoms with Crippen molar-refractivity contribution in [2.75, 3.05) is 0 Å². The van der Waals surface area contributed by atoms with E-state index >= 15 is 0 Å². The van der Waals surface area contributed by atoms with Crippen molar-refractivity contribution in [2.45, 2.75) is 13.0 Å². The maximum absolute atomic E-state index is 12.8. The SMILES string of the molecule is NCc1nccc(-c2ccccc2C(F)F)n1. The van der Waals surface area contributed by atoms with Gasteiger partial charge in [-0.05, 0) is 6.07 Å². The molecule has 0 saturated carbocycles. The fourth-order valence-corrected chi connectivity index (χ4v) is 1.57. The first-order valence-electron chi connectivity index (χ1n) is 5.12. The molecule has 1 heterocycles. The van der Waals surface area contributed by atoms with Crippen LogP contribution in [0.5, 0.6) is 0 Å². The van der Waals surface area contributed by atoms with Crippen LogP contribution < -0.4 is 5.73 Å². The Bertz CT molecular complexity index is 515. The Morgan fingerprint density at radius 1 is 1.18 bits per heavy atom. The highest BCUT2D eigenvalue weighted by Gasteiger charge is 2.14. The summed E-state index contributed by atoms with van der Waals surface area (Å²) in [6.07, 6.45) is -1.00. The molecular weight excluding hydrogens is 224 g/mol. The summed E-state index contributed by atoms with van der Waals surface area (Å²) < 4.78 is 25.7. The second kappa shape index (κ2) is 4.97. The van der Waals surface area contributed by atoms with Gasteiger partial charge in [-0.3, -0.25) is 0 Å². The third-order valence-electron chi connectivity index (χ3n) is 2.36. The van der Waals surface area contributed by atoms with E-state index < -0.39 is 6.43 Å². The molecule has 0 spiro atoms. The van der Waals surface area contributed by atoms with E-state index in [1.165, 1.54) is 12.3 Å². The lowest BCUT2D eigenvalue weighted by Gasteiger charge is -2.08. The van der Waals surface area contributed by atoms with Gasteiger partial charge in [0.1, 0.15) is 5.82 Å². The number of rotatable bonds is 3. The van der Waals surface area contributed by atoms with Gasteiger partial charge in [0.05, 0.1) is 12.2 Å². The van der Waals surface area contributed by atoms with Crippen molar-refractivity contribution in [3.05, 3.63) is 47.9 Å². The van der Waals surface area contributed by atoms with E-state index in [0.717, 1.165) is 0 Å². The molecule has 1 aromatic carbocycles. The molecule has 0 aliphatic carbocycles. The lowest BCUT2D eigenvalue weighted by Crippen LogP contribution is -2.03. The Morgan fingerprint density at radius 2 is 1.94 bits per heavy atom. The molecule has 0 atom stereocenters. The van der Waals surface area contributed by atoms with E-state index in [1.807, 2.05) is 0 Å². The van der Waals surface area contributed by atoms with Gasteiger partial charge in [0.2, 0.25) is 0 Å².